The van der Waals surface area contributed by atoms with Gasteiger partial charge in [0.25, 0.3) is 0 Å². The lowest BCUT2D eigenvalue weighted by Crippen LogP contribution is -2.11. The smallest absolute Gasteiger partial charge is 0.0401 e. The van der Waals surface area contributed by atoms with Crippen LogP contribution in [0.15, 0.2) is 18.3 Å². The monoisotopic (exact) mass is 163 g/mol. The van der Waals surface area contributed by atoms with Gasteiger partial charge >= 0.3 is 0 Å². The van der Waals surface area contributed by atoms with E-state index in [9.17, 15) is 0 Å². The summed E-state index contributed by atoms with van der Waals surface area (Å²) in [5.41, 5.74) is 2.70. The van der Waals surface area contributed by atoms with Gasteiger partial charge < -0.3 is 0 Å². The summed E-state index contributed by atoms with van der Waals surface area (Å²) >= 11 is 0. The summed E-state index contributed by atoms with van der Waals surface area (Å²) in [5.74, 6) is 0. The predicted octanol–water partition coefficient (Wildman–Crippen LogP) is 2.94. The summed E-state index contributed by atoms with van der Waals surface area (Å²) in [6, 6.07) is 4.28. The summed E-state index contributed by atoms with van der Waals surface area (Å²) in [6.45, 7) is 8.74. The number of rotatable bonds is 1. The third-order valence-corrected chi connectivity index (χ3v) is 2.05. The first-order valence-corrected chi connectivity index (χ1v) is 4.49. The van der Waals surface area contributed by atoms with Crippen LogP contribution < -0.4 is 0 Å². The third kappa shape index (κ3) is 2.07. The van der Waals surface area contributed by atoms with Crippen LogP contribution in [0.4, 0.5) is 0 Å². The number of hydrogen-bond acceptors (Lipinski definition) is 1. The molecule has 1 rings (SSSR count). The molecular weight excluding hydrogens is 146 g/mol. The van der Waals surface area contributed by atoms with Crippen molar-refractivity contribution < 1.29 is 0 Å². The van der Waals surface area contributed by atoms with Crippen molar-refractivity contribution in [3.8, 4) is 0 Å². The van der Waals surface area contributed by atoms with E-state index in [0.717, 1.165) is 6.42 Å². The van der Waals surface area contributed by atoms with Crippen LogP contribution in [0.5, 0.6) is 0 Å². The molecule has 1 aromatic rings. The fourth-order valence-corrected chi connectivity index (χ4v) is 1.08. The summed E-state index contributed by atoms with van der Waals surface area (Å²) < 4.78 is 0. The molecular formula is C11H17N. The third-order valence-electron chi connectivity index (χ3n) is 2.05. The molecule has 0 aliphatic heterocycles. The first kappa shape index (κ1) is 9.24. The Morgan fingerprint density at radius 2 is 1.92 bits per heavy atom. The summed E-state index contributed by atoms with van der Waals surface area (Å²) in [5, 5.41) is 0. The molecule has 0 saturated carbocycles. The van der Waals surface area contributed by atoms with E-state index < -0.39 is 0 Å². The normalized spacial score (nSPS) is 11.7. The van der Waals surface area contributed by atoms with Crippen molar-refractivity contribution in [2.24, 2.45) is 0 Å². The van der Waals surface area contributed by atoms with Crippen LogP contribution in [0.2, 0.25) is 0 Å². The molecule has 1 heteroatoms. The van der Waals surface area contributed by atoms with E-state index in [1.165, 1.54) is 11.3 Å². The number of aryl methyl sites for hydroxylation is 1. The SMILES string of the molecule is CCc1ccc(C(C)(C)C)cn1. The second-order valence-corrected chi connectivity index (χ2v) is 4.14. The van der Waals surface area contributed by atoms with E-state index >= 15 is 0 Å². The van der Waals surface area contributed by atoms with Crippen LogP contribution in [-0.2, 0) is 11.8 Å². The Bertz CT molecular complexity index is 241. The summed E-state index contributed by atoms with van der Waals surface area (Å²) in [7, 11) is 0. The zero-order valence-corrected chi connectivity index (χ0v) is 8.39. The highest BCUT2D eigenvalue weighted by Crippen LogP contribution is 2.20. The maximum atomic E-state index is 4.36. The lowest BCUT2D eigenvalue weighted by Gasteiger charge is -2.18. The van der Waals surface area contributed by atoms with Gasteiger partial charge in [-0.2, -0.15) is 0 Å². The minimum atomic E-state index is 0.221. The molecule has 1 nitrogen and oxygen atoms in total. The minimum absolute atomic E-state index is 0.221. The standard InChI is InChI=1S/C11H17N/c1-5-10-7-6-9(8-12-10)11(2,3)4/h6-8H,5H2,1-4H3. The fourth-order valence-electron chi connectivity index (χ4n) is 1.08. The molecule has 0 aliphatic rings. The van der Waals surface area contributed by atoms with Gasteiger partial charge in [0.05, 0.1) is 0 Å². The van der Waals surface area contributed by atoms with Crippen molar-refractivity contribution >= 4 is 0 Å². The molecule has 0 unspecified atom stereocenters. The average Bonchev–Trinajstić information content (AvgIpc) is 2.03. The van der Waals surface area contributed by atoms with Crippen molar-refractivity contribution in [3.05, 3.63) is 29.6 Å². The van der Waals surface area contributed by atoms with E-state index in [1.54, 1.807) is 0 Å². The van der Waals surface area contributed by atoms with Crippen LogP contribution in [0.3, 0.4) is 0 Å². The van der Waals surface area contributed by atoms with Crippen molar-refractivity contribution in [3.63, 3.8) is 0 Å². The highest BCUT2D eigenvalue weighted by molar-refractivity contribution is 5.20. The van der Waals surface area contributed by atoms with Gasteiger partial charge in [0.15, 0.2) is 0 Å². The molecule has 12 heavy (non-hydrogen) atoms. The molecule has 0 N–H and O–H groups in total. The Hall–Kier alpha value is -0.850. The Morgan fingerprint density at radius 3 is 2.25 bits per heavy atom. The van der Waals surface area contributed by atoms with Gasteiger partial charge in [0.2, 0.25) is 0 Å². The van der Waals surface area contributed by atoms with Gasteiger partial charge in [-0.25, -0.2) is 0 Å². The molecule has 0 bridgehead atoms. The molecule has 0 aromatic carbocycles. The molecule has 0 radical (unpaired) electrons. The quantitative estimate of drug-likeness (QED) is 0.620. The summed E-state index contributed by atoms with van der Waals surface area (Å²) in [6.07, 6.45) is 3.00. The zero-order valence-electron chi connectivity index (χ0n) is 8.39. The first-order valence-electron chi connectivity index (χ1n) is 4.49. The van der Waals surface area contributed by atoms with Crippen molar-refractivity contribution in [1.82, 2.24) is 4.98 Å². The molecule has 0 spiro atoms. The van der Waals surface area contributed by atoms with E-state index in [-0.39, 0.29) is 5.41 Å². The molecule has 0 amide bonds. The van der Waals surface area contributed by atoms with E-state index in [2.05, 4.69) is 44.8 Å². The second kappa shape index (κ2) is 3.26. The van der Waals surface area contributed by atoms with E-state index in [4.69, 9.17) is 0 Å². The number of hydrogen-bond donors (Lipinski definition) is 0. The van der Waals surface area contributed by atoms with E-state index in [0.29, 0.717) is 0 Å². The minimum Gasteiger partial charge on any atom is -0.261 e. The van der Waals surface area contributed by atoms with E-state index in [1.807, 2.05) is 6.20 Å². The Morgan fingerprint density at radius 1 is 1.25 bits per heavy atom. The maximum absolute atomic E-state index is 4.36. The largest absolute Gasteiger partial charge is 0.261 e. The van der Waals surface area contributed by atoms with Gasteiger partial charge in [-0.15, -0.1) is 0 Å². The van der Waals surface area contributed by atoms with Crippen LogP contribution >= 0.6 is 0 Å². The lowest BCUT2D eigenvalue weighted by molar-refractivity contribution is 0.586. The Kier molecular flexibility index (Phi) is 2.51. The summed E-state index contributed by atoms with van der Waals surface area (Å²) in [4.78, 5) is 4.36. The molecule has 0 atom stereocenters. The fraction of sp³-hybridized carbons (Fsp3) is 0.545. The first-order chi connectivity index (χ1) is 5.54. The molecule has 0 saturated heterocycles. The van der Waals surface area contributed by atoms with Crippen LogP contribution in [-0.4, -0.2) is 4.98 Å². The Labute approximate surface area is 74.8 Å². The molecule has 0 aliphatic carbocycles. The molecule has 66 valence electrons. The molecule has 1 aromatic heterocycles. The number of pyridine rings is 1. The zero-order chi connectivity index (χ0) is 9.19. The second-order valence-electron chi connectivity index (χ2n) is 4.14. The topological polar surface area (TPSA) is 12.9 Å². The lowest BCUT2D eigenvalue weighted by atomic mass is 9.88. The van der Waals surface area contributed by atoms with Crippen molar-refractivity contribution in [1.29, 1.82) is 0 Å². The highest BCUT2D eigenvalue weighted by atomic mass is 14.7. The Balaban J connectivity index is 2.93. The predicted molar refractivity (Wildman–Crippen MR) is 52.3 cm³/mol. The van der Waals surface area contributed by atoms with Gasteiger partial charge in [0, 0.05) is 11.9 Å². The van der Waals surface area contributed by atoms with Gasteiger partial charge in [-0.3, -0.25) is 4.98 Å². The average molecular weight is 163 g/mol. The van der Waals surface area contributed by atoms with Crippen LogP contribution in [0.25, 0.3) is 0 Å². The maximum Gasteiger partial charge on any atom is 0.0401 e. The van der Waals surface area contributed by atoms with Crippen molar-refractivity contribution in [2.45, 2.75) is 39.5 Å². The van der Waals surface area contributed by atoms with Crippen LogP contribution in [0.1, 0.15) is 39.0 Å². The number of aromatic nitrogens is 1. The molecule has 0 fully saturated rings. The van der Waals surface area contributed by atoms with Crippen molar-refractivity contribution in [2.75, 3.05) is 0 Å². The number of nitrogens with zero attached hydrogens (tertiary/aromatic N) is 1. The molecule has 1 heterocycles. The van der Waals surface area contributed by atoms with Gasteiger partial charge in [0.1, 0.15) is 0 Å². The van der Waals surface area contributed by atoms with Gasteiger partial charge in [-0.05, 0) is 23.5 Å². The van der Waals surface area contributed by atoms with Gasteiger partial charge in [-0.1, -0.05) is 33.8 Å². The van der Waals surface area contributed by atoms with Crippen LogP contribution in [0, 0.1) is 0 Å². The highest BCUT2D eigenvalue weighted by Gasteiger charge is 2.12.